The van der Waals surface area contributed by atoms with Gasteiger partial charge in [0.05, 0.1) is 33.4 Å². The van der Waals surface area contributed by atoms with Crippen molar-refractivity contribution in [2.75, 3.05) is 0 Å². The smallest absolute Gasteiger partial charge is 0.144 e. The van der Waals surface area contributed by atoms with Gasteiger partial charge in [-0.25, -0.2) is 8.78 Å². The average molecular weight is 810 g/mol. The Balaban J connectivity index is 1.37. The predicted molar refractivity (Wildman–Crippen MR) is 253 cm³/mol. The van der Waals surface area contributed by atoms with E-state index < -0.39 is 17.2 Å². The van der Waals surface area contributed by atoms with Crippen molar-refractivity contribution in [2.24, 2.45) is 0 Å². The second kappa shape index (κ2) is 14.4. The van der Waals surface area contributed by atoms with Crippen molar-refractivity contribution in [3.63, 3.8) is 0 Å². The van der Waals surface area contributed by atoms with E-state index in [-0.39, 0.29) is 10.8 Å². The molecule has 10 aromatic rings. The standard InChI is InChI=1S/C57H45F2N3/c1-56(2,3)40-22-26-49-44(32-40)42-24-20-37(35-14-9-7-10-15-35)30-53(42)61(49)51-18-13-19-52(55(51)39-28-47(58)46(34-60)48(59)29-39)62-50-27-23-41(57(4,5)6)33-45(50)43-25-21-38(31-54(43)62)36-16-11-8-12-17-36/h7-33H,1-6H3. The van der Waals surface area contributed by atoms with Crippen molar-refractivity contribution in [1.29, 1.82) is 5.26 Å². The largest absolute Gasteiger partial charge is 0.309 e. The maximum Gasteiger partial charge on any atom is 0.144 e. The van der Waals surface area contributed by atoms with Crippen molar-refractivity contribution in [2.45, 2.75) is 52.4 Å². The lowest BCUT2D eigenvalue weighted by molar-refractivity contribution is 0.577. The van der Waals surface area contributed by atoms with Crippen LogP contribution in [0.2, 0.25) is 0 Å². The maximum atomic E-state index is 16.1. The molecule has 0 saturated carbocycles. The molecular weight excluding hydrogens is 765 g/mol. The van der Waals surface area contributed by atoms with Gasteiger partial charge in [0.1, 0.15) is 23.3 Å². The van der Waals surface area contributed by atoms with Crippen LogP contribution in [0.3, 0.4) is 0 Å². The molecule has 8 aromatic carbocycles. The number of rotatable bonds is 5. The van der Waals surface area contributed by atoms with Crippen LogP contribution in [0, 0.1) is 23.0 Å². The molecular formula is C57H45F2N3. The fourth-order valence-corrected chi connectivity index (χ4v) is 9.14. The third kappa shape index (κ3) is 6.37. The van der Waals surface area contributed by atoms with Gasteiger partial charge in [0.25, 0.3) is 0 Å². The fourth-order valence-electron chi connectivity index (χ4n) is 9.14. The van der Waals surface area contributed by atoms with E-state index in [0.717, 1.165) is 77.2 Å². The number of hydrogen-bond acceptors (Lipinski definition) is 1. The summed E-state index contributed by atoms with van der Waals surface area (Å²) in [5.74, 6) is -1.81. The monoisotopic (exact) mass is 809 g/mol. The van der Waals surface area contributed by atoms with E-state index in [1.54, 1.807) is 6.07 Å². The van der Waals surface area contributed by atoms with Crippen molar-refractivity contribution < 1.29 is 8.78 Å². The highest BCUT2D eigenvalue weighted by Crippen LogP contribution is 2.45. The summed E-state index contributed by atoms with van der Waals surface area (Å²) in [5.41, 5.74) is 12.2. The van der Waals surface area contributed by atoms with Gasteiger partial charge in [0.2, 0.25) is 0 Å². The Morgan fingerprint density at radius 1 is 0.403 bits per heavy atom. The van der Waals surface area contributed by atoms with E-state index in [4.69, 9.17) is 0 Å². The van der Waals surface area contributed by atoms with Crippen LogP contribution in [0.15, 0.2) is 164 Å². The van der Waals surface area contributed by atoms with Crippen molar-refractivity contribution in [3.8, 4) is 50.8 Å². The first-order chi connectivity index (χ1) is 29.8. The summed E-state index contributed by atoms with van der Waals surface area (Å²) in [5, 5.41) is 14.1. The summed E-state index contributed by atoms with van der Waals surface area (Å²) in [6.07, 6.45) is 0. The minimum Gasteiger partial charge on any atom is -0.309 e. The summed E-state index contributed by atoms with van der Waals surface area (Å²) in [6, 6.07) is 57.6. The summed E-state index contributed by atoms with van der Waals surface area (Å²) in [7, 11) is 0. The Hall–Kier alpha value is -7.29. The molecule has 0 aliphatic carbocycles. The van der Waals surface area contributed by atoms with E-state index in [1.165, 1.54) is 23.3 Å². The maximum absolute atomic E-state index is 16.1. The Morgan fingerprint density at radius 2 is 0.839 bits per heavy atom. The zero-order chi connectivity index (χ0) is 43.1. The lowest BCUT2D eigenvalue weighted by Gasteiger charge is -2.22. The second-order valence-electron chi connectivity index (χ2n) is 18.4. The number of fused-ring (bicyclic) bond motifs is 6. The van der Waals surface area contributed by atoms with Crippen LogP contribution in [-0.4, -0.2) is 9.13 Å². The highest BCUT2D eigenvalue weighted by molar-refractivity contribution is 6.13. The molecule has 0 N–H and O–H groups in total. The van der Waals surface area contributed by atoms with Gasteiger partial charge < -0.3 is 9.13 Å². The predicted octanol–water partition coefficient (Wildman–Crippen LogP) is 15.6. The molecule has 0 spiro atoms. The average Bonchev–Trinajstić information content (AvgIpc) is 3.77. The number of hydrogen-bond donors (Lipinski definition) is 0. The molecule has 0 saturated heterocycles. The molecule has 10 rings (SSSR count). The van der Waals surface area contributed by atoms with Crippen LogP contribution in [0.1, 0.15) is 58.2 Å². The first-order valence-corrected chi connectivity index (χ1v) is 21.1. The Kier molecular flexibility index (Phi) is 9.05. The number of benzene rings is 8. The molecule has 3 nitrogen and oxygen atoms in total. The molecule has 0 atom stereocenters. The molecule has 0 fully saturated rings. The normalized spacial score (nSPS) is 12.2. The molecule has 0 aliphatic rings. The van der Waals surface area contributed by atoms with Gasteiger partial charge in [-0.05, 0) is 110 Å². The molecule has 0 unspecified atom stereocenters. The molecule has 0 aliphatic heterocycles. The number of halogens is 2. The number of nitrogens with zero attached hydrogens (tertiary/aromatic N) is 3. The van der Waals surface area contributed by atoms with E-state index >= 15 is 8.78 Å². The van der Waals surface area contributed by atoms with E-state index in [2.05, 4.69) is 148 Å². The minimum absolute atomic E-state index is 0.1000. The van der Waals surface area contributed by atoms with Gasteiger partial charge in [-0.3, -0.25) is 0 Å². The lowest BCUT2D eigenvalue weighted by Crippen LogP contribution is -2.10. The molecule has 2 heterocycles. The summed E-state index contributed by atoms with van der Waals surface area (Å²) in [4.78, 5) is 0. The van der Waals surface area contributed by atoms with Crippen LogP contribution in [0.25, 0.3) is 88.4 Å². The van der Waals surface area contributed by atoms with Crippen molar-refractivity contribution >= 4 is 43.6 Å². The lowest BCUT2D eigenvalue weighted by atomic mass is 9.86. The van der Waals surface area contributed by atoms with Gasteiger partial charge in [-0.1, -0.05) is 145 Å². The highest BCUT2D eigenvalue weighted by atomic mass is 19.1. The Bertz CT molecular complexity index is 3230. The fraction of sp³-hybridized carbons (Fsp3) is 0.140. The zero-order valence-electron chi connectivity index (χ0n) is 35.7. The molecule has 5 heteroatoms. The molecule has 0 bridgehead atoms. The van der Waals surface area contributed by atoms with E-state index in [9.17, 15) is 5.26 Å². The summed E-state index contributed by atoms with van der Waals surface area (Å²) >= 11 is 0. The third-order valence-corrected chi connectivity index (χ3v) is 12.4. The SMILES string of the molecule is CC(C)(C)c1ccc2c(c1)c1ccc(-c3ccccc3)cc1n2-c1cccc(-n2c3ccc(C(C)(C)C)cc3c3ccc(-c4ccccc4)cc32)c1-c1cc(F)c(C#N)c(F)c1. The topological polar surface area (TPSA) is 33.6 Å². The van der Waals surface area contributed by atoms with Crippen molar-refractivity contribution in [3.05, 3.63) is 192 Å². The first kappa shape index (κ1) is 38.9. The van der Waals surface area contributed by atoms with Gasteiger partial charge in [-0.2, -0.15) is 5.26 Å². The number of nitriles is 1. The minimum atomic E-state index is -0.907. The summed E-state index contributed by atoms with van der Waals surface area (Å²) < 4.78 is 36.6. The molecule has 0 amide bonds. The van der Waals surface area contributed by atoms with Crippen LogP contribution < -0.4 is 0 Å². The Labute approximate surface area is 360 Å². The molecule has 62 heavy (non-hydrogen) atoms. The zero-order valence-corrected chi connectivity index (χ0v) is 35.7. The first-order valence-electron chi connectivity index (χ1n) is 21.1. The van der Waals surface area contributed by atoms with Crippen LogP contribution in [0.4, 0.5) is 8.78 Å². The Morgan fingerprint density at radius 3 is 1.24 bits per heavy atom. The van der Waals surface area contributed by atoms with Crippen molar-refractivity contribution in [1.82, 2.24) is 9.13 Å². The van der Waals surface area contributed by atoms with Crippen LogP contribution in [-0.2, 0) is 10.8 Å². The molecule has 0 radical (unpaired) electrons. The molecule has 302 valence electrons. The quantitative estimate of drug-likeness (QED) is 0.170. The van der Waals surface area contributed by atoms with Crippen LogP contribution >= 0.6 is 0 Å². The second-order valence-corrected chi connectivity index (χ2v) is 18.4. The van der Waals surface area contributed by atoms with Gasteiger partial charge >= 0.3 is 0 Å². The summed E-state index contributed by atoms with van der Waals surface area (Å²) in [6.45, 7) is 13.3. The van der Waals surface area contributed by atoms with Gasteiger partial charge in [0, 0.05) is 27.1 Å². The van der Waals surface area contributed by atoms with Crippen LogP contribution in [0.5, 0.6) is 0 Å². The highest BCUT2D eigenvalue weighted by Gasteiger charge is 2.26. The van der Waals surface area contributed by atoms with E-state index in [0.29, 0.717) is 11.1 Å². The molecule has 2 aromatic heterocycles. The van der Waals surface area contributed by atoms with Gasteiger partial charge in [-0.15, -0.1) is 0 Å². The number of aromatic nitrogens is 2. The third-order valence-electron chi connectivity index (χ3n) is 12.4. The van der Waals surface area contributed by atoms with E-state index in [1.807, 2.05) is 54.6 Å². The van der Waals surface area contributed by atoms with Gasteiger partial charge in [0.15, 0.2) is 0 Å².